The van der Waals surface area contributed by atoms with Gasteiger partial charge >= 0.3 is 0 Å². The molecule has 0 fully saturated rings. The zero-order valence-electron chi connectivity index (χ0n) is 10.1. The second kappa shape index (κ2) is 4.66. The summed E-state index contributed by atoms with van der Waals surface area (Å²) in [6.07, 6.45) is 1.24. The lowest BCUT2D eigenvalue weighted by Crippen LogP contribution is -2.22. The van der Waals surface area contributed by atoms with Gasteiger partial charge in [-0.25, -0.2) is 8.42 Å². The Balaban J connectivity index is 2.32. The molecule has 0 spiro atoms. The molecule has 2 rings (SSSR count). The highest BCUT2D eigenvalue weighted by atomic mass is 32.2. The summed E-state index contributed by atoms with van der Waals surface area (Å²) in [6, 6.07) is 5.19. The number of benzene rings is 1. The quantitative estimate of drug-likeness (QED) is 0.872. The molecule has 0 aromatic heterocycles. The molecule has 1 aliphatic heterocycles. The van der Waals surface area contributed by atoms with Crippen LogP contribution in [0.2, 0.25) is 0 Å². The summed E-state index contributed by atoms with van der Waals surface area (Å²) in [7, 11) is 0.279. The minimum atomic E-state index is -3.14. The van der Waals surface area contributed by atoms with Crippen LogP contribution in [0.3, 0.4) is 0 Å². The first-order chi connectivity index (χ1) is 8.09. The lowest BCUT2D eigenvalue weighted by Gasteiger charge is -2.08. The Kier molecular flexibility index (Phi) is 3.40. The van der Waals surface area contributed by atoms with E-state index in [0.29, 0.717) is 23.5 Å². The van der Waals surface area contributed by atoms with Gasteiger partial charge < -0.3 is 10.1 Å². The van der Waals surface area contributed by atoms with Crippen molar-refractivity contribution in [1.82, 2.24) is 5.32 Å². The van der Waals surface area contributed by atoms with Crippen molar-refractivity contribution in [3.05, 3.63) is 23.8 Å². The smallest absolute Gasteiger partial charge is 0.181 e. The van der Waals surface area contributed by atoms with Crippen molar-refractivity contribution in [3.8, 4) is 5.75 Å². The van der Waals surface area contributed by atoms with Crippen molar-refractivity contribution in [2.24, 2.45) is 0 Å². The van der Waals surface area contributed by atoms with E-state index in [4.69, 9.17) is 4.74 Å². The Labute approximate surface area is 102 Å². The predicted octanol–water partition coefficient (Wildman–Crippen LogP) is 1.00. The summed E-state index contributed by atoms with van der Waals surface area (Å²) >= 11 is 0. The van der Waals surface area contributed by atoms with Gasteiger partial charge in [-0.05, 0) is 50.2 Å². The van der Waals surface area contributed by atoms with Gasteiger partial charge in [-0.2, -0.15) is 0 Å². The van der Waals surface area contributed by atoms with E-state index >= 15 is 0 Å². The third kappa shape index (κ3) is 2.17. The molecule has 5 heteroatoms. The van der Waals surface area contributed by atoms with E-state index in [1.807, 2.05) is 13.1 Å². The third-order valence-corrected chi connectivity index (χ3v) is 5.47. The summed E-state index contributed by atoms with van der Waals surface area (Å²) in [5.41, 5.74) is 0.880. The molecule has 0 radical (unpaired) electrons. The molecule has 17 heavy (non-hydrogen) atoms. The normalized spacial score (nSPS) is 21.2. The monoisotopic (exact) mass is 255 g/mol. The fourth-order valence-corrected chi connectivity index (χ4v) is 4.17. The van der Waals surface area contributed by atoms with Crippen LogP contribution in [0.15, 0.2) is 23.1 Å². The molecule has 4 nitrogen and oxygen atoms in total. The van der Waals surface area contributed by atoms with Gasteiger partial charge in [-0.3, -0.25) is 0 Å². The van der Waals surface area contributed by atoms with E-state index in [1.54, 1.807) is 19.2 Å². The number of hydrogen-bond donors (Lipinski definition) is 1. The van der Waals surface area contributed by atoms with Gasteiger partial charge in [-0.15, -0.1) is 0 Å². The van der Waals surface area contributed by atoms with E-state index in [2.05, 4.69) is 5.32 Å². The van der Waals surface area contributed by atoms with Gasteiger partial charge in [0.25, 0.3) is 0 Å². The van der Waals surface area contributed by atoms with E-state index < -0.39 is 9.84 Å². The van der Waals surface area contributed by atoms with Crippen molar-refractivity contribution >= 4 is 9.84 Å². The maximum Gasteiger partial charge on any atom is 0.181 e. The molecule has 1 aromatic rings. The number of fused-ring (bicyclic) bond motifs is 1. The largest absolute Gasteiger partial charge is 0.497 e. The molecular formula is C12H17NO3S. The van der Waals surface area contributed by atoms with Crippen LogP contribution in [0.5, 0.6) is 5.75 Å². The third-order valence-electron chi connectivity index (χ3n) is 3.18. The SMILES string of the molecule is CNCCC1Cc2cc(OC)ccc2S1(=O)=O. The van der Waals surface area contributed by atoms with E-state index in [0.717, 1.165) is 12.1 Å². The molecule has 0 amide bonds. The van der Waals surface area contributed by atoms with Crippen molar-refractivity contribution in [2.75, 3.05) is 20.7 Å². The fraction of sp³-hybridized carbons (Fsp3) is 0.500. The molecule has 1 heterocycles. The maximum atomic E-state index is 12.2. The van der Waals surface area contributed by atoms with Gasteiger partial charge in [0, 0.05) is 0 Å². The highest BCUT2D eigenvalue weighted by Gasteiger charge is 2.36. The van der Waals surface area contributed by atoms with Gasteiger partial charge in [-0.1, -0.05) is 0 Å². The highest BCUT2D eigenvalue weighted by molar-refractivity contribution is 7.92. The molecule has 1 N–H and O–H groups in total. The summed E-state index contributed by atoms with van der Waals surface area (Å²) in [5.74, 6) is 0.716. The van der Waals surface area contributed by atoms with Gasteiger partial charge in [0.1, 0.15) is 5.75 Å². The summed E-state index contributed by atoms with van der Waals surface area (Å²) in [4.78, 5) is 0.472. The lowest BCUT2D eigenvalue weighted by atomic mass is 10.1. The minimum Gasteiger partial charge on any atom is -0.497 e. The van der Waals surface area contributed by atoms with E-state index in [1.165, 1.54) is 0 Å². The molecule has 1 atom stereocenters. The summed E-state index contributed by atoms with van der Waals surface area (Å²) in [6.45, 7) is 0.717. The first-order valence-electron chi connectivity index (χ1n) is 5.65. The van der Waals surface area contributed by atoms with Crippen LogP contribution < -0.4 is 10.1 Å². The predicted molar refractivity (Wildman–Crippen MR) is 66.2 cm³/mol. The molecule has 1 unspecified atom stereocenters. The van der Waals surface area contributed by atoms with E-state index in [9.17, 15) is 8.42 Å². The van der Waals surface area contributed by atoms with Crippen molar-refractivity contribution < 1.29 is 13.2 Å². The van der Waals surface area contributed by atoms with Crippen molar-refractivity contribution in [3.63, 3.8) is 0 Å². The van der Waals surface area contributed by atoms with Gasteiger partial charge in [0.15, 0.2) is 9.84 Å². The van der Waals surface area contributed by atoms with Crippen LogP contribution >= 0.6 is 0 Å². The van der Waals surface area contributed by atoms with Crippen LogP contribution in [0.25, 0.3) is 0 Å². The zero-order chi connectivity index (χ0) is 12.5. The lowest BCUT2D eigenvalue weighted by molar-refractivity contribution is 0.414. The number of methoxy groups -OCH3 is 1. The molecule has 0 aliphatic carbocycles. The molecule has 0 saturated carbocycles. The topological polar surface area (TPSA) is 55.4 Å². The number of nitrogens with one attached hydrogen (secondary N) is 1. The molecule has 0 bridgehead atoms. The van der Waals surface area contributed by atoms with Gasteiger partial charge in [0.05, 0.1) is 17.3 Å². The van der Waals surface area contributed by atoms with Crippen LogP contribution in [0.1, 0.15) is 12.0 Å². The van der Waals surface area contributed by atoms with Crippen LogP contribution in [0.4, 0.5) is 0 Å². The Morgan fingerprint density at radius 2 is 2.24 bits per heavy atom. The Morgan fingerprint density at radius 3 is 2.88 bits per heavy atom. The number of hydrogen-bond acceptors (Lipinski definition) is 4. The minimum absolute atomic E-state index is 0.294. The summed E-state index contributed by atoms with van der Waals surface area (Å²) < 4.78 is 29.6. The molecule has 0 saturated heterocycles. The second-order valence-corrected chi connectivity index (χ2v) is 6.43. The molecule has 1 aliphatic rings. The average Bonchev–Trinajstić information content (AvgIpc) is 2.57. The maximum absolute atomic E-state index is 12.2. The number of rotatable bonds is 4. The summed E-state index contributed by atoms with van der Waals surface area (Å²) in [5, 5.41) is 2.70. The second-order valence-electron chi connectivity index (χ2n) is 4.24. The van der Waals surface area contributed by atoms with Crippen LogP contribution in [0, 0.1) is 0 Å². The number of sulfone groups is 1. The first-order valence-corrected chi connectivity index (χ1v) is 7.19. The molecule has 1 aromatic carbocycles. The average molecular weight is 255 g/mol. The van der Waals surface area contributed by atoms with Crippen molar-refractivity contribution in [2.45, 2.75) is 23.0 Å². The fourth-order valence-electron chi connectivity index (χ4n) is 2.22. The first kappa shape index (κ1) is 12.4. The molecular weight excluding hydrogens is 238 g/mol. The standard InChI is InChI=1S/C12H17NO3S/c1-13-6-5-11-8-9-7-10(16-2)3-4-12(9)17(11,14)15/h3-4,7,11,13H,5-6,8H2,1-2H3. The molecule has 94 valence electrons. The van der Waals surface area contributed by atoms with E-state index in [-0.39, 0.29) is 5.25 Å². The Morgan fingerprint density at radius 1 is 1.47 bits per heavy atom. The van der Waals surface area contributed by atoms with Crippen LogP contribution in [-0.4, -0.2) is 34.4 Å². The number of ether oxygens (including phenoxy) is 1. The van der Waals surface area contributed by atoms with Gasteiger partial charge in [0.2, 0.25) is 0 Å². The van der Waals surface area contributed by atoms with Crippen molar-refractivity contribution in [1.29, 1.82) is 0 Å². The Bertz CT molecular complexity index is 510. The Hall–Kier alpha value is -1.07. The van der Waals surface area contributed by atoms with Crippen LogP contribution in [-0.2, 0) is 16.3 Å². The zero-order valence-corrected chi connectivity index (χ0v) is 10.9. The highest BCUT2D eigenvalue weighted by Crippen LogP contribution is 2.34.